The topological polar surface area (TPSA) is 57.8 Å². The highest BCUT2D eigenvalue weighted by Crippen LogP contribution is 2.30. The van der Waals surface area contributed by atoms with Crippen LogP contribution in [0.4, 0.5) is 24.7 Å². The standard InChI is InChI=1S/C18H11BF3N3O/c19-8-1-2-14-11(5-8)15-10(3-4-23-18(15)26)17(24-14)25-16-12(21)6-9(20)7-13(16)22/h1-7H,19H2,(H,23,26)(H,24,25). The molecule has 2 N–H and O–H groups in total. The number of pyridine rings is 2. The van der Waals surface area contributed by atoms with Crippen LogP contribution in [0.15, 0.2) is 47.4 Å². The minimum absolute atomic E-state index is 0.104. The number of aromatic nitrogens is 2. The summed E-state index contributed by atoms with van der Waals surface area (Å²) in [6.07, 6.45) is 1.43. The van der Waals surface area contributed by atoms with Gasteiger partial charge in [0.15, 0.2) is 11.6 Å². The quantitative estimate of drug-likeness (QED) is 0.430. The van der Waals surface area contributed by atoms with Gasteiger partial charge in [-0.3, -0.25) is 4.79 Å². The van der Waals surface area contributed by atoms with Gasteiger partial charge in [0.05, 0.1) is 10.9 Å². The molecule has 128 valence electrons. The molecule has 2 aromatic carbocycles. The minimum atomic E-state index is -1.09. The maximum Gasteiger partial charge on any atom is 0.256 e. The number of anilines is 2. The third-order valence-corrected chi connectivity index (χ3v) is 4.12. The summed E-state index contributed by atoms with van der Waals surface area (Å²) in [7, 11) is 1.89. The fraction of sp³-hybridized carbons (Fsp3) is 0. The van der Waals surface area contributed by atoms with Gasteiger partial charge < -0.3 is 10.3 Å². The Morgan fingerprint density at radius 2 is 1.73 bits per heavy atom. The number of aromatic amines is 1. The Morgan fingerprint density at radius 3 is 2.46 bits per heavy atom. The van der Waals surface area contributed by atoms with E-state index in [1.165, 1.54) is 6.20 Å². The molecule has 26 heavy (non-hydrogen) atoms. The van der Waals surface area contributed by atoms with Gasteiger partial charge in [0.25, 0.3) is 5.56 Å². The first-order valence-electron chi connectivity index (χ1n) is 7.77. The van der Waals surface area contributed by atoms with E-state index < -0.39 is 23.1 Å². The number of halogens is 3. The van der Waals surface area contributed by atoms with Crippen LogP contribution in [0.5, 0.6) is 0 Å². The Morgan fingerprint density at radius 1 is 1.00 bits per heavy atom. The highest BCUT2D eigenvalue weighted by Gasteiger charge is 2.16. The maximum atomic E-state index is 14.0. The molecular weight excluding hydrogens is 342 g/mol. The molecule has 2 heterocycles. The van der Waals surface area contributed by atoms with Gasteiger partial charge in [-0.2, -0.15) is 0 Å². The lowest BCUT2D eigenvalue weighted by atomic mass is 9.93. The fourth-order valence-corrected chi connectivity index (χ4v) is 2.95. The smallest absolute Gasteiger partial charge is 0.256 e. The number of fused-ring (bicyclic) bond motifs is 3. The molecule has 0 saturated heterocycles. The average Bonchev–Trinajstić information content (AvgIpc) is 2.58. The minimum Gasteiger partial charge on any atom is -0.335 e. The first-order chi connectivity index (χ1) is 12.4. The molecule has 4 rings (SSSR count). The van der Waals surface area contributed by atoms with Crippen LogP contribution < -0.4 is 16.3 Å². The first kappa shape index (κ1) is 16.2. The lowest BCUT2D eigenvalue weighted by Gasteiger charge is -2.13. The van der Waals surface area contributed by atoms with Crippen LogP contribution in [-0.4, -0.2) is 17.8 Å². The molecule has 4 aromatic rings. The van der Waals surface area contributed by atoms with E-state index in [1.807, 2.05) is 20.0 Å². The van der Waals surface area contributed by atoms with Crippen molar-refractivity contribution < 1.29 is 13.2 Å². The number of nitrogens with one attached hydrogen (secondary N) is 2. The summed E-state index contributed by atoms with van der Waals surface area (Å²) in [6, 6.07) is 8.10. The summed E-state index contributed by atoms with van der Waals surface area (Å²) in [5.74, 6) is -3.10. The lowest BCUT2D eigenvalue weighted by Crippen LogP contribution is -2.10. The molecule has 0 unspecified atom stereocenters. The summed E-state index contributed by atoms with van der Waals surface area (Å²) in [4.78, 5) is 19.4. The molecular formula is C18H11BF3N3O. The molecule has 0 atom stereocenters. The molecule has 0 radical (unpaired) electrons. The first-order valence-corrected chi connectivity index (χ1v) is 7.77. The van der Waals surface area contributed by atoms with Gasteiger partial charge in [0.1, 0.15) is 25.2 Å². The molecule has 2 aromatic heterocycles. The van der Waals surface area contributed by atoms with Crippen LogP contribution in [0.2, 0.25) is 0 Å². The van der Waals surface area contributed by atoms with Gasteiger partial charge in [-0.05, 0) is 12.1 Å². The number of benzene rings is 2. The van der Waals surface area contributed by atoms with Crippen LogP contribution in [0, 0.1) is 17.5 Å². The predicted octanol–water partition coefficient (Wildman–Crippen LogP) is 2.50. The zero-order valence-corrected chi connectivity index (χ0v) is 13.5. The molecule has 0 fully saturated rings. The molecule has 8 heteroatoms. The summed E-state index contributed by atoms with van der Waals surface area (Å²) in [5, 5.41) is 3.95. The average molecular weight is 353 g/mol. The molecule has 0 saturated carbocycles. The van der Waals surface area contributed by atoms with Crippen molar-refractivity contribution in [1.29, 1.82) is 0 Å². The molecule has 4 nitrogen and oxygen atoms in total. The zero-order valence-electron chi connectivity index (χ0n) is 13.5. The van der Waals surface area contributed by atoms with Gasteiger partial charge in [-0.25, -0.2) is 18.2 Å². The van der Waals surface area contributed by atoms with Crippen LogP contribution >= 0.6 is 0 Å². The van der Waals surface area contributed by atoms with Crippen LogP contribution in [-0.2, 0) is 0 Å². The van der Waals surface area contributed by atoms with Gasteiger partial charge >= 0.3 is 0 Å². The highest BCUT2D eigenvalue weighted by molar-refractivity contribution is 6.33. The Balaban J connectivity index is 2.03. The van der Waals surface area contributed by atoms with Crippen molar-refractivity contribution in [1.82, 2.24) is 9.97 Å². The summed E-state index contributed by atoms with van der Waals surface area (Å²) in [5.41, 5.74) is 0.556. The van der Waals surface area contributed by atoms with E-state index in [-0.39, 0.29) is 11.4 Å². The van der Waals surface area contributed by atoms with Crippen molar-refractivity contribution in [3.05, 3.63) is 70.4 Å². The normalized spacial score (nSPS) is 11.2. The van der Waals surface area contributed by atoms with Gasteiger partial charge in [-0.1, -0.05) is 17.6 Å². The van der Waals surface area contributed by atoms with E-state index in [4.69, 9.17) is 0 Å². The van der Waals surface area contributed by atoms with Gasteiger partial charge in [-0.15, -0.1) is 0 Å². The molecule has 0 aliphatic rings. The van der Waals surface area contributed by atoms with E-state index in [1.54, 1.807) is 12.1 Å². The molecule has 0 bridgehead atoms. The number of hydrogen-bond acceptors (Lipinski definition) is 3. The molecule has 0 aliphatic heterocycles. The Labute approximate surface area is 146 Å². The van der Waals surface area contributed by atoms with Crippen molar-refractivity contribution in [2.75, 3.05) is 5.32 Å². The van der Waals surface area contributed by atoms with Gasteiger partial charge in [0, 0.05) is 29.1 Å². The van der Waals surface area contributed by atoms with E-state index in [9.17, 15) is 18.0 Å². The maximum absolute atomic E-state index is 14.0. The van der Waals surface area contributed by atoms with Crippen molar-refractivity contribution >= 4 is 46.5 Å². The number of rotatable bonds is 2. The summed E-state index contributed by atoms with van der Waals surface area (Å²) >= 11 is 0. The molecule has 0 spiro atoms. The highest BCUT2D eigenvalue weighted by atomic mass is 19.1. The van der Waals surface area contributed by atoms with Crippen LogP contribution in [0.1, 0.15) is 0 Å². The van der Waals surface area contributed by atoms with Crippen molar-refractivity contribution in [2.45, 2.75) is 0 Å². The second-order valence-electron chi connectivity index (χ2n) is 5.95. The lowest BCUT2D eigenvalue weighted by molar-refractivity contribution is 0.549. The Hall–Kier alpha value is -3.29. The molecule has 0 amide bonds. The SMILES string of the molecule is Bc1ccc2nc(Nc3c(F)cc(F)cc3F)c3cc[nH]c(=O)c3c2c1. The third kappa shape index (κ3) is 2.59. The number of hydrogen-bond donors (Lipinski definition) is 2. The molecule has 0 aliphatic carbocycles. The Bertz CT molecular complexity index is 1220. The van der Waals surface area contributed by atoms with Crippen molar-refractivity contribution in [2.24, 2.45) is 0 Å². The zero-order chi connectivity index (χ0) is 18.4. The third-order valence-electron chi connectivity index (χ3n) is 4.12. The van der Waals surface area contributed by atoms with Crippen LogP contribution in [0.25, 0.3) is 21.7 Å². The monoisotopic (exact) mass is 353 g/mol. The van der Waals surface area contributed by atoms with E-state index in [0.29, 0.717) is 33.8 Å². The second-order valence-corrected chi connectivity index (χ2v) is 5.95. The van der Waals surface area contributed by atoms with E-state index in [2.05, 4.69) is 15.3 Å². The summed E-state index contributed by atoms with van der Waals surface area (Å²) in [6.45, 7) is 0. The largest absolute Gasteiger partial charge is 0.335 e. The van der Waals surface area contributed by atoms with Crippen molar-refractivity contribution in [3.63, 3.8) is 0 Å². The predicted molar refractivity (Wildman–Crippen MR) is 97.6 cm³/mol. The van der Waals surface area contributed by atoms with Gasteiger partial charge in [0.2, 0.25) is 0 Å². The second kappa shape index (κ2) is 5.91. The van der Waals surface area contributed by atoms with E-state index >= 15 is 0 Å². The summed E-state index contributed by atoms with van der Waals surface area (Å²) < 4.78 is 41.1. The van der Waals surface area contributed by atoms with Crippen LogP contribution in [0.3, 0.4) is 0 Å². The van der Waals surface area contributed by atoms with Crippen molar-refractivity contribution in [3.8, 4) is 0 Å². The van der Waals surface area contributed by atoms with E-state index in [0.717, 1.165) is 5.46 Å². The fourth-order valence-electron chi connectivity index (χ4n) is 2.95. The number of nitrogens with zero attached hydrogens (tertiary/aromatic N) is 1. The number of H-pyrrole nitrogens is 1. The Kier molecular flexibility index (Phi) is 3.68.